The summed E-state index contributed by atoms with van der Waals surface area (Å²) in [6, 6.07) is 11.6. The smallest absolute Gasteiger partial charge is 0.171 e. The molecule has 4 nitrogen and oxygen atoms in total. The molecule has 0 spiro atoms. The Morgan fingerprint density at radius 1 is 1.10 bits per heavy atom. The summed E-state index contributed by atoms with van der Waals surface area (Å²) in [5.74, 6) is 0.00821. The van der Waals surface area contributed by atoms with Crippen molar-refractivity contribution in [1.82, 2.24) is 15.2 Å². The highest BCUT2D eigenvalue weighted by atomic mass is 32.1. The van der Waals surface area contributed by atoms with Crippen LogP contribution in [0.25, 0.3) is 11.3 Å². The molecule has 3 rings (SSSR count). The molecule has 0 radical (unpaired) electrons. The summed E-state index contributed by atoms with van der Waals surface area (Å²) >= 11 is 1.50. The fourth-order valence-corrected chi connectivity index (χ4v) is 2.63. The lowest BCUT2D eigenvalue weighted by molar-refractivity contribution is 0.0992. The lowest BCUT2D eigenvalue weighted by Gasteiger charge is -1.97. The molecule has 0 aliphatic rings. The van der Waals surface area contributed by atoms with Gasteiger partial charge in [-0.05, 0) is 6.07 Å². The Hall–Kier alpha value is -2.40. The summed E-state index contributed by atoms with van der Waals surface area (Å²) in [5.41, 5.74) is 2.54. The summed E-state index contributed by atoms with van der Waals surface area (Å²) in [6.45, 7) is 0. The zero-order valence-corrected chi connectivity index (χ0v) is 11.4. The predicted octanol–water partition coefficient (Wildman–Crippen LogP) is 3.03. The van der Waals surface area contributed by atoms with Gasteiger partial charge in [-0.25, -0.2) is 4.98 Å². The van der Waals surface area contributed by atoms with Gasteiger partial charge in [0.1, 0.15) is 5.01 Å². The van der Waals surface area contributed by atoms with Crippen LogP contribution in [0.4, 0.5) is 0 Å². The van der Waals surface area contributed by atoms with Gasteiger partial charge in [-0.3, -0.25) is 4.79 Å². The van der Waals surface area contributed by atoms with Gasteiger partial charge in [0.15, 0.2) is 5.78 Å². The van der Waals surface area contributed by atoms with Crippen LogP contribution >= 0.6 is 11.3 Å². The van der Waals surface area contributed by atoms with E-state index in [-0.39, 0.29) is 5.78 Å². The Morgan fingerprint density at radius 2 is 1.95 bits per heavy atom. The number of rotatable bonds is 4. The number of ketones is 1. The van der Waals surface area contributed by atoms with E-state index in [9.17, 15) is 4.79 Å². The van der Waals surface area contributed by atoms with Gasteiger partial charge in [-0.2, -0.15) is 10.2 Å². The first-order valence-corrected chi connectivity index (χ1v) is 7.00. The Kier molecular flexibility index (Phi) is 3.60. The average molecular weight is 281 g/mol. The van der Waals surface area contributed by atoms with Crippen LogP contribution < -0.4 is 0 Å². The molecule has 0 atom stereocenters. The highest BCUT2D eigenvalue weighted by Crippen LogP contribution is 2.22. The third kappa shape index (κ3) is 2.78. The lowest BCUT2D eigenvalue weighted by Crippen LogP contribution is -2.04. The molecule has 3 aromatic rings. The maximum absolute atomic E-state index is 12.1. The van der Waals surface area contributed by atoms with Crippen LogP contribution in [0.15, 0.2) is 54.2 Å². The molecule has 1 aromatic carbocycles. The second-order valence-corrected chi connectivity index (χ2v) is 5.17. The molecule has 0 saturated carbocycles. The summed E-state index contributed by atoms with van der Waals surface area (Å²) in [7, 11) is 0. The summed E-state index contributed by atoms with van der Waals surface area (Å²) in [4.78, 5) is 16.6. The largest absolute Gasteiger partial charge is 0.294 e. The molecule has 0 amide bonds. The maximum atomic E-state index is 12.1. The predicted molar refractivity (Wildman–Crippen MR) is 77.6 cm³/mol. The van der Waals surface area contributed by atoms with Gasteiger partial charge in [0, 0.05) is 16.5 Å². The summed E-state index contributed by atoms with van der Waals surface area (Å²) < 4.78 is 0. The van der Waals surface area contributed by atoms with E-state index in [0.717, 1.165) is 16.3 Å². The van der Waals surface area contributed by atoms with Crippen molar-refractivity contribution in [2.45, 2.75) is 6.42 Å². The van der Waals surface area contributed by atoms with Crippen molar-refractivity contribution in [2.75, 3.05) is 0 Å². The van der Waals surface area contributed by atoms with Gasteiger partial charge >= 0.3 is 0 Å². The number of carbonyl (C=O) groups excluding carboxylic acids is 1. The Bertz CT molecular complexity index is 710. The van der Waals surface area contributed by atoms with E-state index >= 15 is 0 Å². The third-order valence-corrected chi connectivity index (χ3v) is 3.69. The van der Waals surface area contributed by atoms with Crippen LogP contribution in [0.3, 0.4) is 0 Å². The average Bonchev–Trinajstić information content (AvgIpc) is 2.97. The molecule has 0 saturated heterocycles. The van der Waals surface area contributed by atoms with Crippen LogP contribution in [0.2, 0.25) is 0 Å². The van der Waals surface area contributed by atoms with E-state index in [2.05, 4.69) is 15.2 Å². The van der Waals surface area contributed by atoms with Gasteiger partial charge in [0.2, 0.25) is 0 Å². The lowest BCUT2D eigenvalue weighted by atomic mass is 10.1. The number of thiazole rings is 1. The molecular formula is C15H11N3OS. The highest BCUT2D eigenvalue weighted by molar-refractivity contribution is 7.10. The molecule has 2 heterocycles. The zero-order valence-electron chi connectivity index (χ0n) is 10.6. The van der Waals surface area contributed by atoms with Gasteiger partial charge in [-0.1, -0.05) is 30.3 Å². The number of hydrogen-bond donors (Lipinski definition) is 0. The molecule has 98 valence electrons. The van der Waals surface area contributed by atoms with Crippen molar-refractivity contribution in [3.8, 4) is 11.3 Å². The fraction of sp³-hybridized carbons (Fsp3) is 0.0667. The first-order valence-electron chi connectivity index (χ1n) is 6.12. The Morgan fingerprint density at radius 3 is 2.70 bits per heavy atom. The molecule has 0 bridgehead atoms. The zero-order chi connectivity index (χ0) is 13.8. The summed E-state index contributed by atoms with van der Waals surface area (Å²) in [5, 5.41) is 10.2. The number of aromatic nitrogens is 3. The third-order valence-electron chi connectivity index (χ3n) is 2.84. The normalized spacial score (nSPS) is 10.4. The van der Waals surface area contributed by atoms with E-state index in [1.54, 1.807) is 6.07 Å². The van der Waals surface area contributed by atoms with E-state index in [1.165, 1.54) is 23.7 Å². The van der Waals surface area contributed by atoms with Crippen LogP contribution in [0, 0.1) is 0 Å². The molecule has 0 N–H and O–H groups in total. The summed E-state index contributed by atoms with van der Waals surface area (Å²) in [6.07, 6.45) is 3.29. The number of carbonyl (C=O) groups is 1. The van der Waals surface area contributed by atoms with Crippen molar-refractivity contribution in [1.29, 1.82) is 0 Å². The van der Waals surface area contributed by atoms with Gasteiger partial charge in [0.05, 0.1) is 24.5 Å². The quantitative estimate of drug-likeness (QED) is 0.690. The first kappa shape index (κ1) is 12.6. The SMILES string of the molecule is O=C(Cc1nc(-c2ccccc2)cs1)c1ccnnc1. The molecule has 0 fully saturated rings. The van der Waals surface area contributed by atoms with Crippen molar-refractivity contribution >= 4 is 17.1 Å². The first-order chi connectivity index (χ1) is 9.83. The van der Waals surface area contributed by atoms with Crippen molar-refractivity contribution in [2.24, 2.45) is 0 Å². The van der Waals surface area contributed by atoms with Crippen LogP contribution in [-0.2, 0) is 6.42 Å². The van der Waals surface area contributed by atoms with Gasteiger partial charge in [0.25, 0.3) is 0 Å². The minimum absolute atomic E-state index is 0.00821. The van der Waals surface area contributed by atoms with Crippen LogP contribution in [0.1, 0.15) is 15.4 Å². The second kappa shape index (κ2) is 5.71. The van der Waals surface area contributed by atoms with Crippen molar-refractivity contribution < 1.29 is 4.79 Å². The Labute approximate surface area is 120 Å². The number of benzene rings is 1. The number of nitrogens with zero attached hydrogens (tertiary/aromatic N) is 3. The molecular weight excluding hydrogens is 270 g/mol. The van der Waals surface area contributed by atoms with E-state index in [1.807, 2.05) is 35.7 Å². The van der Waals surface area contributed by atoms with E-state index in [0.29, 0.717) is 12.0 Å². The number of hydrogen-bond acceptors (Lipinski definition) is 5. The van der Waals surface area contributed by atoms with Gasteiger partial charge in [-0.15, -0.1) is 11.3 Å². The van der Waals surface area contributed by atoms with Crippen molar-refractivity contribution in [3.63, 3.8) is 0 Å². The van der Waals surface area contributed by atoms with E-state index < -0.39 is 0 Å². The highest BCUT2D eigenvalue weighted by Gasteiger charge is 2.11. The standard InChI is InChI=1S/C15H11N3OS/c19-14(12-6-7-16-17-9-12)8-15-18-13(10-20-15)11-4-2-1-3-5-11/h1-7,9-10H,8H2. The topological polar surface area (TPSA) is 55.7 Å². The number of Topliss-reactive ketones (excluding diaryl/α,β-unsaturated/α-hetero) is 1. The monoisotopic (exact) mass is 281 g/mol. The van der Waals surface area contributed by atoms with Crippen LogP contribution in [0.5, 0.6) is 0 Å². The van der Waals surface area contributed by atoms with Crippen molar-refractivity contribution in [3.05, 3.63) is 64.7 Å². The molecule has 0 aliphatic carbocycles. The molecule has 20 heavy (non-hydrogen) atoms. The molecule has 2 aromatic heterocycles. The van der Waals surface area contributed by atoms with E-state index in [4.69, 9.17) is 0 Å². The minimum atomic E-state index is 0.00821. The van der Waals surface area contributed by atoms with Crippen LogP contribution in [-0.4, -0.2) is 21.0 Å². The fourth-order valence-electron chi connectivity index (χ4n) is 1.83. The van der Waals surface area contributed by atoms with Gasteiger partial charge < -0.3 is 0 Å². The minimum Gasteiger partial charge on any atom is -0.294 e. The second-order valence-electron chi connectivity index (χ2n) is 4.22. The molecule has 5 heteroatoms. The molecule has 0 unspecified atom stereocenters. The Balaban J connectivity index is 1.77. The maximum Gasteiger partial charge on any atom is 0.171 e. The molecule has 0 aliphatic heterocycles.